The summed E-state index contributed by atoms with van der Waals surface area (Å²) < 4.78 is 2.88. The van der Waals surface area contributed by atoms with Crippen LogP contribution in [0.25, 0.3) is 5.69 Å². The number of halogens is 1. The van der Waals surface area contributed by atoms with Crippen molar-refractivity contribution in [2.45, 2.75) is 13.0 Å². The van der Waals surface area contributed by atoms with Gasteiger partial charge < -0.3 is 11.1 Å². The summed E-state index contributed by atoms with van der Waals surface area (Å²) in [7, 11) is 0. The molecule has 88 valence electrons. The molecule has 0 radical (unpaired) electrons. The number of nitrogens with zero attached hydrogens (tertiary/aromatic N) is 2. The van der Waals surface area contributed by atoms with Crippen LogP contribution >= 0.6 is 15.9 Å². The molecule has 0 amide bonds. The van der Waals surface area contributed by atoms with Crippen LogP contribution in [0.4, 0.5) is 5.82 Å². The smallest absolute Gasteiger partial charge is 0.132 e. The number of anilines is 1. The molecule has 1 aliphatic heterocycles. The highest BCUT2D eigenvalue weighted by Crippen LogP contribution is 2.24. The lowest BCUT2D eigenvalue weighted by molar-refractivity contribution is 0.636. The largest absolute Gasteiger partial charge is 0.383 e. The molecule has 4 nitrogen and oxygen atoms in total. The van der Waals surface area contributed by atoms with E-state index in [1.54, 1.807) is 0 Å². The second kappa shape index (κ2) is 4.16. The molecule has 3 rings (SSSR count). The van der Waals surface area contributed by atoms with Gasteiger partial charge in [-0.1, -0.05) is 15.9 Å². The molecule has 3 N–H and O–H groups in total. The maximum Gasteiger partial charge on any atom is 0.132 e. The maximum absolute atomic E-state index is 6.14. The van der Waals surface area contributed by atoms with E-state index < -0.39 is 0 Å². The molecule has 0 atom stereocenters. The van der Waals surface area contributed by atoms with Crippen LogP contribution in [0.5, 0.6) is 0 Å². The molecule has 1 aliphatic rings. The van der Waals surface area contributed by atoms with Crippen LogP contribution in [0.15, 0.2) is 28.7 Å². The van der Waals surface area contributed by atoms with E-state index in [4.69, 9.17) is 5.73 Å². The molecule has 0 fully saturated rings. The number of benzene rings is 1. The molecular weight excluding hydrogens is 280 g/mol. The second-order valence-corrected chi connectivity index (χ2v) is 5.04. The Bertz CT molecular complexity index is 544. The molecule has 0 aliphatic carbocycles. The summed E-state index contributed by atoms with van der Waals surface area (Å²) in [5.41, 5.74) is 9.40. The Morgan fingerprint density at radius 3 is 2.76 bits per heavy atom. The molecule has 1 aromatic carbocycles. The van der Waals surface area contributed by atoms with E-state index in [-0.39, 0.29) is 0 Å². The summed E-state index contributed by atoms with van der Waals surface area (Å²) in [6, 6.07) is 8.00. The summed E-state index contributed by atoms with van der Waals surface area (Å²) in [6.07, 6.45) is 0.947. The third-order valence-corrected chi connectivity index (χ3v) is 3.55. The number of nitrogens with one attached hydrogen (secondary N) is 1. The summed E-state index contributed by atoms with van der Waals surface area (Å²) >= 11 is 3.42. The Balaban J connectivity index is 2.09. The zero-order valence-electron chi connectivity index (χ0n) is 9.28. The number of hydrogen-bond acceptors (Lipinski definition) is 3. The van der Waals surface area contributed by atoms with Gasteiger partial charge in [-0.3, -0.25) is 0 Å². The minimum Gasteiger partial charge on any atom is -0.383 e. The quantitative estimate of drug-likeness (QED) is 0.844. The first-order chi connectivity index (χ1) is 8.25. The number of nitrogens with two attached hydrogens (primary N) is 1. The van der Waals surface area contributed by atoms with E-state index in [1.165, 1.54) is 0 Å². The van der Waals surface area contributed by atoms with E-state index in [1.807, 2.05) is 28.9 Å². The molecular formula is C12H13BrN4. The SMILES string of the molecule is Nc1c2c(nn1-c1ccc(Br)cc1)CCNC2. The Hall–Kier alpha value is -1.33. The zero-order chi connectivity index (χ0) is 11.8. The standard InChI is InChI=1S/C12H13BrN4/c13-8-1-3-9(4-2-8)17-12(14)10-7-15-6-5-11(10)16-17/h1-4,15H,5-7,14H2. The first-order valence-corrected chi connectivity index (χ1v) is 6.38. The number of nitrogen functional groups attached to an aromatic ring is 1. The van der Waals surface area contributed by atoms with Crippen LogP contribution in [0.3, 0.4) is 0 Å². The lowest BCUT2D eigenvalue weighted by Crippen LogP contribution is -2.23. The van der Waals surface area contributed by atoms with E-state index in [0.29, 0.717) is 0 Å². The molecule has 2 aromatic rings. The number of hydrogen-bond donors (Lipinski definition) is 2. The molecule has 0 spiro atoms. The average Bonchev–Trinajstić information content (AvgIpc) is 2.69. The summed E-state index contributed by atoms with van der Waals surface area (Å²) in [5, 5.41) is 7.90. The van der Waals surface area contributed by atoms with Crippen LogP contribution < -0.4 is 11.1 Å². The monoisotopic (exact) mass is 292 g/mol. The third-order valence-electron chi connectivity index (χ3n) is 3.02. The zero-order valence-corrected chi connectivity index (χ0v) is 10.9. The van der Waals surface area contributed by atoms with Crippen molar-refractivity contribution in [3.63, 3.8) is 0 Å². The van der Waals surface area contributed by atoms with Gasteiger partial charge in [0.25, 0.3) is 0 Å². The number of aromatic nitrogens is 2. The van der Waals surface area contributed by atoms with Crippen molar-refractivity contribution in [1.82, 2.24) is 15.1 Å². The molecule has 0 saturated carbocycles. The van der Waals surface area contributed by atoms with Gasteiger partial charge in [-0.15, -0.1) is 0 Å². The lowest BCUT2D eigenvalue weighted by atomic mass is 10.1. The molecule has 5 heteroatoms. The average molecular weight is 293 g/mol. The van der Waals surface area contributed by atoms with Crippen molar-refractivity contribution in [2.24, 2.45) is 0 Å². The topological polar surface area (TPSA) is 55.9 Å². The van der Waals surface area contributed by atoms with Crippen molar-refractivity contribution in [3.8, 4) is 5.69 Å². The van der Waals surface area contributed by atoms with Crippen LogP contribution in [-0.2, 0) is 13.0 Å². The molecule has 2 heterocycles. The highest BCUT2D eigenvalue weighted by atomic mass is 79.9. The van der Waals surface area contributed by atoms with Crippen molar-refractivity contribution in [3.05, 3.63) is 40.0 Å². The highest BCUT2D eigenvalue weighted by molar-refractivity contribution is 9.10. The highest BCUT2D eigenvalue weighted by Gasteiger charge is 2.18. The minimum atomic E-state index is 0.745. The van der Waals surface area contributed by atoms with Crippen LogP contribution in [0, 0.1) is 0 Å². The van der Waals surface area contributed by atoms with Gasteiger partial charge in [-0.2, -0.15) is 5.10 Å². The lowest BCUT2D eigenvalue weighted by Gasteiger charge is -2.10. The predicted octanol–water partition coefficient (Wildman–Crippen LogP) is 1.86. The van der Waals surface area contributed by atoms with E-state index in [2.05, 4.69) is 26.3 Å². The Morgan fingerprint density at radius 1 is 1.29 bits per heavy atom. The Morgan fingerprint density at radius 2 is 2.06 bits per heavy atom. The molecule has 0 unspecified atom stereocenters. The van der Waals surface area contributed by atoms with Crippen LogP contribution in [0.1, 0.15) is 11.3 Å². The van der Waals surface area contributed by atoms with Crippen molar-refractivity contribution in [1.29, 1.82) is 0 Å². The van der Waals surface area contributed by atoms with Gasteiger partial charge in [-0.25, -0.2) is 4.68 Å². The fourth-order valence-corrected chi connectivity index (χ4v) is 2.37. The first kappa shape index (κ1) is 10.8. The van der Waals surface area contributed by atoms with Crippen molar-refractivity contribution >= 4 is 21.7 Å². The van der Waals surface area contributed by atoms with E-state index in [9.17, 15) is 0 Å². The van der Waals surface area contributed by atoms with Gasteiger partial charge in [0.15, 0.2) is 0 Å². The van der Waals surface area contributed by atoms with Gasteiger partial charge >= 0.3 is 0 Å². The van der Waals surface area contributed by atoms with Crippen LogP contribution in [0.2, 0.25) is 0 Å². The van der Waals surface area contributed by atoms with Crippen LogP contribution in [-0.4, -0.2) is 16.3 Å². The fourth-order valence-electron chi connectivity index (χ4n) is 2.10. The van der Waals surface area contributed by atoms with Gasteiger partial charge in [0.2, 0.25) is 0 Å². The number of rotatable bonds is 1. The van der Waals surface area contributed by atoms with Crippen molar-refractivity contribution in [2.75, 3.05) is 12.3 Å². The van der Waals surface area contributed by atoms with Gasteiger partial charge in [-0.05, 0) is 24.3 Å². The summed E-state index contributed by atoms with van der Waals surface area (Å²) in [4.78, 5) is 0. The van der Waals surface area contributed by atoms with E-state index in [0.717, 1.165) is 46.7 Å². The summed E-state index contributed by atoms with van der Waals surface area (Å²) in [5.74, 6) is 0.745. The second-order valence-electron chi connectivity index (χ2n) is 4.13. The predicted molar refractivity (Wildman–Crippen MR) is 71.1 cm³/mol. The minimum absolute atomic E-state index is 0.745. The van der Waals surface area contributed by atoms with E-state index >= 15 is 0 Å². The molecule has 0 bridgehead atoms. The molecule has 0 saturated heterocycles. The molecule has 17 heavy (non-hydrogen) atoms. The Labute approximate surface area is 108 Å². The summed E-state index contributed by atoms with van der Waals surface area (Å²) in [6.45, 7) is 1.79. The van der Waals surface area contributed by atoms with Gasteiger partial charge in [0, 0.05) is 29.5 Å². The fraction of sp³-hybridized carbons (Fsp3) is 0.250. The maximum atomic E-state index is 6.14. The third kappa shape index (κ3) is 1.85. The van der Waals surface area contributed by atoms with Crippen molar-refractivity contribution < 1.29 is 0 Å². The van der Waals surface area contributed by atoms with Gasteiger partial charge in [0.05, 0.1) is 11.4 Å². The normalized spacial score (nSPS) is 14.6. The van der Waals surface area contributed by atoms with Gasteiger partial charge in [0.1, 0.15) is 5.82 Å². The first-order valence-electron chi connectivity index (χ1n) is 5.58. The molecule has 1 aromatic heterocycles. The Kier molecular flexibility index (Phi) is 2.64. The number of fused-ring (bicyclic) bond motifs is 1.